The molecule has 0 bridgehead atoms. The first-order chi connectivity index (χ1) is 7.68. The lowest BCUT2D eigenvalue weighted by Crippen LogP contribution is -2.35. The van der Waals surface area contributed by atoms with Crippen LogP contribution in [0, 0.1) is 5.41 Å². The topological polar surface area (TPSA) is 40.5 Å². The highest BCUT2D eigenvalue weighted by molar-refractivity contribution is 5.85. The summed E-state index contributed by atoms with van der Waals surface area (Å²) in [5, 5.41) is 9.19. The van der Waals surface area contributed by atoms with Crippen LogP contribution < -0.4 is 0 Å². The Morgan fingerprint density at radius 2 is 2.00 bits per heavy atom. The number of carbonyl (C=O) groups is 1. The maximum Gasteiger partial charge on any atom is 0.231 e. The van der Waals surface area contributed by atoms with Gasteiger partial charge in [0.2, 0.25) is 5.91 Å². The van der Waals surface area contributed by atoms with Crippen molar-refractivity contribution in [3.63, 3.8) is 0 Å². The molecule has 0 unspecified atom stereocenters. The smallest absolute Gasteiger partial charge is 0.231 e. The molecule has 1 saturated carbocycles. The van der Waals surface area contributed by atoms with Gasteiger partial charge in [0, 0.05) is 13.6 Å². The molecule has 2 rings (SSSR count). The van der Waals surface area contributed by atoms with Crippen molar-refractivity contribution in [1.29, 1.82) is 0 Å². The molecule has 0 saturated heterocycles. The van der Waals surface area contributed by atoms with E-state index in [1.54, 1.807) is 11.9 Å². The Hall–Kier alpha value is -1.35. The zero-order chi connectivity index (χ0) is 11.6. The number of hydrogen-bond donors (Lipinski definition) is 1. The molecule has 1 amide bonds. The molecule has 86 valence electrons. The van der Waals surface area contributed by atoms with Gasteiger partial charge in [0.25, 0.3) is 0 Å². The van der Waals surface area contributed by atoms with E-state index in [4.69, 9.17) is 0 Å². The highest BCUT2D eigenvalue weighted by Crippen LogP contribution is 2.46. The van der Waals surface area contributed by atoms with E-state index in [-0.39, 0.29) is 12.5 Å². The molecule has 16 heavy (non-hydrogen) atoms. The molecule has 1 N–H and O–H groups in total. The standard InChI is InChI=1S/C13H17NO2/c1-14(9-11-5-3-2-4-6-11)12(16)13(10-15)7-8-13/h2-6,15H,7-10H2,1H3. The van der Waals surface area contributed by atoms with Crippen LogP contribution in [0.15, 0.2) is 30.3 Å². The fourth-order valence-corrected chi connectivity index (χ4v) is 1.92. The number of carbonyl (C=O) groups excluding carboxylic acids is 1. The molecule has 0 heterocycles. The lowest BCUT2D eigenvalue weighted by molar-refractivity contribution is -0.137. The summed E-state index contributed by atoms with van der Waals surface area (Å²) in [5.74, 6) is 0.0684. The fourth-order valence-electron chi connectivity index (χ4n) is 1.92. The van der Waals surface area contributed by atoms with Gasteiger partial charge in [-0.3, -0.25) is 4.79 Å². The summed E-state index contributed by atoms with van der Waals surface area (Å²) >= 11 is 0. The van der Waals surface area contributed by atoms with Crippen molar-refractivity contribution in [2.24, 2.45) is 5.41 Å². The minimum Gasteiger partial charge on any atom is -0.395 e. The van der Waals surface area contributed by atoms with Gasteiger partial charge in [0.05, 0.1) is 12.0 Å². The first-order valence-electron chi connectivity index (χ1n) is 5.58. The van der Waals surface area contributed by atoms with Crippen molar-refractivity contribution >= 4 is 5.91 Å². The van der Waals surface area contributed by atoms with Gasteiger partial charge in [0.1, 0.15) is 0 Å². The zero-order valence-electron chi connectivity index (χ0n) is 9.52. The Morgan fingerprint density at radius 3 is 2.50 bits per heavy atom. The summed E-state index contributed by atoms with van der Waals surface area (Å²) in [6.45, 7) is 0.590. The van der Waals surface area contributed by atoms with E-state index in [1.165, 1.54) is 0 Å². The molecule has 0 atom stereocenters. The second-order valence-electron chi connectivity index (χ2n) is 4.59. The van der Waals surface area contributed by atoms with Gasteiger partial charge >= 0.3 is 0 Å². The van der Waals surface area contributed by atoms with Crippen molar-refractivity contribution in [3.05, 3.63) is 35.9 Å². The molecule has 1 fully saturated rings. The van der Waals surface area contributed by atoms with Crippen LogP contribution >= 0.6 is 0 Å². The average Bonchev–Trinajstić information content (AvgIpc) is 3.10. The minimum atomic E-state index is -0.455. The molecular weight excluding hydrogens is 202 g/mol. The van der Waals surface area contributed by atoms with E-state index in [9.17, 15) is 9.90 Å². The maximum atomic E-state index is 12.0. The summed E-state index contributed by atoms with van der Waals surface area (Å²) in [6.07, 6.45) is 1.64. The molecular formula is C13H17NO2. The molecule has 0 radical (unpaired) electrons. The van der Waals surface area contributed by atoms with Crippen molar-refractivity contribution < 1.29 is 9.90 Å². The van der Waals surface area contributed by atoms with E-state index in [2.05, 4.69) is 0 Å². The summed E-state index contributed by atoms with van der Waals surface area (Å²) < 4.78 is 0. The number of aliphatic hydroxyl groups is 1. The van der Waals surface area contributed by atoms with Crippen LogP contribution in [0.3, 0.4) is 0 Å². The number of aliphatic hydroxyl groups excluding tert-OH is 1. The van der Waals surface area contributed by atoms with Crippen LogP contribution in [-0.2, 0) is 11.3 Å². The van der Waals surface area contributed by atoms with Crippen LogP contribution in [0.4, 0.5) is 0 Å². The third kappa shape index (κ3) is 2.09. The second-order valence-corrected chi connectivity index (χ2v) is 4.59. The number of rotatable bonds is 4. The van der Waals surface area contributed by atoms with Crippen LogP contribution in [0.25, 0.3) is 0 Å². The van der Waals surface area contributed by atoms with Gasteiger partial charge < -0.3 is 10.0 Å². The summed E-state index contributed by atoms with van der Waals surface area (Å²) in [7, 11) is 1.80. The summed E-state index contributed by atoms with van der Waals surface area (Å²) in [5.41, 5.74) is 0.663. The van der Waals surface area contributed by atoms with Crippen LogP contribution in [0.5, 0.6) is 0 Å². The van der Waals surface area contributed by atoms with Gasteiger partial charge in [-0.25, -0.2) is 0 Å². The third-order valence-corrected chi connectivity index (χ3v) is 3.22. The average molecular weight is 219 g/mol. The molecule has 0 aliphatic heterocycles. The lowest BCUT2D eigenvalue weighted by atomic mass is 10.1. The molecule has 1 aliphatic carbocycles. The normalized spacial score (nSPS) is 16.9. The number of amides is 1. The van der Waals surface area contributed by atoms with Gasteiger partial charge in [-0.15, -0.1) is 0 Å². The Balaban J connectivity index is 1.99. The van der Waals surface area contributed by atoms with E-state index in [0.717, 1.165) is 18.4 Å². The zero-order valence-corrected chi connectivity index (χ0v) is 9.52. The van der Waals surface area contributed by atoms with E-state index < -0.39 is 5.41 Å². The monoisotopic (exact) mass is 219 g/mol. The van der Waals surface area contributed by atoms with Crippen molar-refractivity contribution in [2.45, 2.75) is 19.4 Å². The number of benzene rings is 1. The van der Waals surface area contributed by atoms with Crippen molar-refractivity contribution in [1.82, 2.24) is 4.90 Å². The molecule has 1 aromatic carbocycles. The Labute approximate surface area is 95.7 Å². The largest absolute Gasteiger partial charge is 0.395 e. The van der Waals surface area contributed by atoms with Gasteiger partial charge in [-0.05, 0) is 18.4 Å². The molecule has 0 aromatic heterocycles. The first kappa shape index (κ1) is 11.1. The Bertz CT molecular complexity index is 371. The number of nitrogens with zero attached hydrogens (tertiary/aromatic N) is 1. The van der Waals surface area contributed by atoms with Crippen LogP contribution in [-0.4, -0.2) is 29.6 Å². The molecule has 1 aromatic rings. The summed E-state index contributed by atoms with van der Waals surface area (Å²) in [6, 6.07) is 9.89. The predicted octanol–water partition coefficient (Wildman–Crippen LogP) is 1.42. The van der Waals surface area contributed by atoms with Crippen molar-refractivity contribution in [2.75, 3.05) is 13.7 Å². The van der Waals surface area contributed by atoms with Crippen molar-refractivity contribution in [3.8, 4) is 0 Å². The Morgan fingerprint density at radius 1 is 1.38 bits per heavy atom. The third-order valence-electron chi connectivity index (χ3n) is 3.22. The molecule has 0 spiro atoms. The van der Waals surface area contributed by atoms with E-state index in [1.807, 2.05) is 30.3 Å². The van der Waals surface area contributed by atoms with Gasteiger partial charge in [0.15, 0.2) is 0 Å². The fraction of sp³-hybridized carbons (Fsp3) is 0.462. The molecule has 3 heteroatoms. The molecule has 3 nitrogen and oxygen atoms in total. The quantitative estimate of drug-likeness (QED) is 0.832. The van der Waals surface area contributed by atoms with Gasteiger partial charge in [-0.1, -0.05) is 30.3 Å². The SMILES string of the molecule is CN(Cc1ccccc1)C(=O)C1(CO)CC1. The van der Waals surface area contributed by atoms with E-state index in [0.29, 0.717) is 6.54 Å². The highest BCUT2D eigenvalue weighted by Gasteiger charge is 2.50. The minimum absolute atomic E-state index is 0.0229. The predicted molar refractivity (Wildman–Crippen MR) is 61.7 cm³/mol. The lowest BCUT2D eigenvalue weighted by Gasteiger charge is -2.22. The first-order valence-corrected chi connectivity index (χ1v) is 5.58. The van der Waals surface area contributed by atoms with Crippen LogP contribution in [0.1, 0.15) is 18.4 Å². The summed E-state index contributed by atoms with van der Waals surface area (Å²) in [4.78, 5) is 13.7. The van der Waals surface area contributed by atoms with Gasteiger partial charge in [-0.2, -0.15) is 0 Å². The number of hydrogen-bond acceptors (Lipinski definition) is 2. The van der Waals surface area contributed by atoms with E-state index >= 15 is 0 Å². The highest BCUT2D eigenvalue weighted by atomic mass is 16.3. The second kappa shape index (κ2) is 4.26. The van der Waals surface area contributed by atoms with Crippen LogP contribution in [0.2, 0.25) is 0 Å². The maximum absolute atomic E-state index is 12.0. The Kier molecular flexibility index (Phi) is 2.97. The molecule has 1 aliphatic rings.